The summed E-state index contributed by atoms with van der Waals surface area (Å²) in [6, 6.07) is 12.1. The maximum absolute atomic E-state index is 13.8. The number of carboxylic acid groups (broad SMARTS) is 1. The molecule has 0 aliphatic carbocycles. The van der Waals surface area contributed by atoms with E-state index in [2.05, 4.69) is 15.3 Å². The van der Waals surface area contributed by atoms with Crippen molar-refractivity contribution in [2.45, 2.75) is 31.9 Å². The second kappa shape index (κ2) is 7.84. The highest BCUT2D eigenvalue weighted by atomic mass is 19.1. The lowest BCUT2D eigenvalue weighted by Crippen LogP contribution is -2.66. The van der Waals surface area contributed by atoms with Gasteiger partial charge < -0.3 is 15.5 Å². The van der Waals surface area contributed by atoms with Crippen molar-refractivity contribution in [3.05, 3.63) is 95.8 Å². The molecular weight excluding hydrogens is 385 g/mol. The van der Waals surface area contributed by atoms with E-state index in [4.69, 9.17) is 0 Å². The standard InChI is InChI=1S/C23H24FN3O3/c1-21(2,3)23(27-20(28)29,16-8-10-19(24)11-9-16)22(30,17-6-4-12-25-14-17)18-7-5-13-26-15-18/h4-15,27,30H,1-3H3,(H,28,29)/t23-/m0/s1. The number of nitrogens with one attached hydrogen (secondary N) is 1. The second-order valence-corrected chi connectivity index (χ2v) is 8.13. The number of halogens is 1. The molecule has 6 nitrogen and oxygen atoms in total. The molecule has 2 heterocycles. The number of carbonyl (C=O) groups is 1. The van der Waals surface area contributed by atoms with Gasteiger partial charge in [0.1, 0.15) is 17.0 Å². The van der Waals surface area contributed by atoms with Crippen molar-refractivity contribution in [1.82, 2.24) is 15.3 Å². The van der Waals surface area contributed by atoms with Crippen LogP contribution in [-0.4, -0.2) is 26.3 Å². The van der Waals surface area contributed by atoms with E-state index >= 15 is 0 Å². The van der Waals surface area contributed by atoms with Gasteiger partial charge in [0.15, 0.2) is 0 Å². The van der Waals surface area contributed by atoms with Gasteiger partial charge in [-0.1, -0.05) is 45.0 Å². The van der Waals surface area contributed by atoms with Crippen LogP contribution in [-0.2, 0) is 11.1 Å². The molecule has 1 aromatic carbocycles. The van der Waals surface area contributed by atoms with Gasteiger partial charge in [-0.2, -0.15) is 0 Å². The Morgan fingerprint density at radius 2 is 1.40 bits per heavy atom. The van der Waals surface area contributed by atoms with Crippen LogP contribution in [0.15, 0.2) is 73.3 Å². The predicted molar refractivity (Wildman–Crippen MR) is 110 cm³/mol. The third kappa shape index (κ3) is 3.41. The first-order chi connectivity index (χ1) is 14.1. The molecule has 0 aliphatic heterocycles. The Bertz CT molecular complexity index is 966. The molecule has 0 fully saturated rings. The summed E-state index contributed by atoms with van der Waals surface area (Å²) < 4.78 is 13.8. The van der Waals surface area contributed by atoms with Crippen LogP contribution in [0.5, 0.6) is 0 Å². The van der Waals surface area contributed by atoms with Gasteiger partial charge in [-0.25, -0.2) is 9.18 Å². The van der Waals surface area contributed by atoms with Crippen molar-refractivity contribution < 1.29 is 19.4 Å². The van der Waals surface area contributed by atoms with Crippen molar-refractivity contribution >= 4 is 6.09 Å². The molecule has 2 aromatic heterocycles. The molecule has 3 aromatic rings. The molecule has 0 saturated carbocycles. The Hall–Kier alpha value is -3.32. The van der Waals surface area contributed by atoms with Crippen LogP contribution in [0, 0.1) is 11.2 Å². The summed E-state index contributed by atoms with van der Waals surface area (Å²) in [6.45, 7) is 5.43. The van der Waals surface area contributed by atoms with Gasteiger partial charge >= 0.3 is 6.09 Å². The number of hydrogen-bond acceptors (Lipinski definition) is 4. The topological polar surface area (TPSA) is 95.3 Å². The third-order valence-electron chi connectivity index (χ3n) is 5.40. The van der Waals surface area contributed by atoms with Crippen LogP contribution >= 0.6 is 0 Å². The van der Waals surface area contributed by atoms with Gasteiger partial charge in [0.2, 0.25) is 0 Å². The molecule has 1 atom stereocenters. The summed E-state index contributed by atoms with van der Waals surface area (Å²) in [5, 5.41) is 24.9. The Morgan fingerprint density at radius 1 is 0.900 bits per heavy atom. The molecule has 0 aliphatic rings. The molecule has 1 amide bonds. The normalized spacial score (nSPS) is 14.0. The largest absolute Gasteiger partial charge is 0.465 e. The monoisotopic (exact) mass is 409 g/mol. The van der Waals surface area contributed by atoms with Crippen LogP contribution in [0.1, 0.15) is 37.5 Å². The van der Waals surface area contributed by atoms with Gasteiger partial charge in [-0.05, 0) is 35.2 Å². The molecule has 0 radical (unpaired) electrons. The maximum atomic E-state index is 13.8. The van der Waals surface area contributed by atoms with Crippen molar-refractivity contribution in [2.24, 2.45) is 5.41 Å². The minimum absolute atomic E-state index is 0.367. The zero-order valence-electron chi connectivity index (χ0n) is 17.0. The second-order valence-electron chi connectivity index (χ2n) is 8.13. The van der Waals surface area contributed by atoms with Crippen LogP contribution in [0.3, 0.4) is 0 Å². The van der Waals surface area contributed by atoms with E-state index in [1.54, 1.807) is 36.7 Å². The number of amides is 1. The van der Waals surface area contributed by atoms with E-state index < -0.39 is 28.5 Å². The Morgan fingerprint density at radius 3 is 1.77 bits per heavy atom. The average Bonchev–Trinajstić information content (AvgIpc) is 2.72. The molecule has 156 valence electrons. The number of benzene rings is 1. The fourth-order valence-corrected chi connectivity index (χ4v) is 4.15. The summed E-state index contributed by atoms with van der Waals surface area (Å²) in [7, 11) is 0. The predicted octanol–water partition coefficient (Wildman–Crippen LogP) is 4.06. The third-order valence-corrected chi connectivity index (χ3v) is 5.40. The molecule has 3 N–H and O–H groups in total. The summed E-state index contributed by atoms with van der Waals surface area (Å²) in [5.74, 6) is -0.469. The Kier molecular flexibility index (Phi) is 5.59. The first-order valence-corrected chi connectivity index (χ1v) is 9.43. The zero-order valence-corrected chi connectivity index (χ0v) is 17.0. The highest BCUT2D eigenvalue weighted by molar-refractivity contribution is 5.68. The van der Waals surface area contributed by atoms with Gasteiger partial charge in [0.25, 0.3) is 0 Å². The smallest absolute Gasteiger partial charge is 0.405 e. The molecule has 7 heteroatoms. The highest BCUT2D eigenvalue weighted by Crippen LogP contribution is 2.54. The molecule has 0 spiro atoms. The van der Waals surface area contributed by atoms with Gasteiger partial charge in [0, 0.05) is 35.9 Å². The lowest BCUT2D eigenvalue weighted by molar-refractivity contribution is -0.0811. The fourth-order valence-electron chi connectivity index (χ4n) is 4.15. The lowest BCUT2D eigenvalue weighted by Gasteiger charge is -2.55. The summed E-state index contributed by atoms with van der Waals surface area (Å²) in [5.41, 5.74) is -3.31. The van der Waals surface area contributed by atoms with Crippen molar-refractivity contribution in [2.75, 3.05) is 0 Å². The number of pyridine rings is 2. The number of rotatable bonds is 5. The minimum Gasteiger partial charge on any atom is -0.465 e. The number of aliphatic hydroxyl groups is 1. The van der Waals surface area contributed by atoms with E-state index in [1.807, 2.05) is 20.8 Å². The Labute approximate surface area is 174 Å². The SMILES string of the molecule is CC(C)(C)[C@@](NC(=O)O)(c1ccc(F)cc1)C(O)(c1cccnc1)c1cccnc1. The maximum Gasteiger partial charge on any atom is 0.405 e. The highest BCUT2D eigenvalue weighted by Gasteiger charge is 2.61. The van der Waals surface area contributed by atoms with E-state index in [1.165, 1.54) is 36.7 Å². The van der Waals surface area contributed by atoms with E-state index in [0.29, 0.717) is 16.7 Å². The summed E-state index contributed by atoms with van der Waals surface area (Å²) in [4.78, 5) is 20.4. The van der Waals surface area contributed by atoms with Gasteiger partial charge in [0.05, 0.1) is 0 Å². The molecular formula is C23H24FN3O3. The van der Waals surface area contributed by atoms with E-state index in [9.17, 15) is 19.4 Å². The van der Waals surface area contributed by atoms with Gasteiger partial charge in [-0.3, -0.25) is 9.97 Å². The van der Waals surface area contributed by atoms with Crippen molar-refractivity contribution in [1.29, 1.82) is 0 Å². The quantitative estimate of drug-likeness (QED) is 0.591. The lowest BCUT2D eigenvalue weighted by atomic mass is 9.56. The molecule has 0 bridgehead atoms. The van der Waals surface area contributed by atoms with E-state index in [0.717, 1.165) is 0 Å². The van der Waals surface area contributed by atoms with Crippen molar-refractivity contribution in [3.63, 3.8) is 0 Å². The van der Waals surface area contributed by atoms with Crippen molar-refractivity contribution in [3.8, 4) is 0 Å². The molecule has 0 saturated heterocycles. The number of nitrogens with zero attached hydrogens (tertiary/aromatic N) is 2. The van der Waals surface area contributed by atoms with Crippen LogP contribution < -0.4 is 5.32 Å². The van der Waals surface area contributed by atoms with Crippen LogP contribution in [0.2, 0.25) is 0 Å². The Balaban J connectivity index is 2.49. The van der Waals surface area contributed by atoms with E-state index in [-0.39, 0.29) is 0 Å². The number of aromatic nitrogens is 2. The summed E-state index contributed by atoms with van der Waals surface area (Å²) >= 11 is 0. The zero-order chi connectivity index (χ0) is 22.0. The van der Waals surface area contributed by atoms with Gasteiger partial charge in [-0.15, -0.1) is 0 Å². The first kappa shape index (κ1) is 21.4. The minimum atomic E-state index is -1.93. The van der Waals surface area contributed by atoms with Crippen LogP contribution in [0.4, 0.5) is 9.18 Å². The summed E-state index contributed by atoms with van der Waals surface area (Å²) in [6.07, 6.45) is 4.77. The molecule has 3 rings (SSSR count). The number of hydrogen-bond donors (Lipinski definition) is 3. The first-order valence-electron chi connectivity index (χ1n) is 9.43. The molecule has 0 unspecified atom stereocenters. The fraction of sp³-hybridized carbons (Fsp3) is 0.261. The molecule has 30 heavy (non-hydrogen) atoms. The van der Waals surface area contributed by atoms with Crippen LogP contribution in [0.25, 0.3) is 0 Å². The average molecular weight is 409 g/mol.